The minimum atomic E-state index is 0.565. The van der Waals surface area contributed by atoms with Gasteiger partial charge < -0.3 is 20.7 Å². The Bertz CT molecular complexity index is 393. The zero-order valence-electron chi connectivity index (χ0n) is 11.1. The van der Waals surface area contributed by atoms with Crippen molar-refractivity contribution in [2.75, 3.05) is 44.4 Å². The molecule has 0 saturated heterocycles. The summed E-state index contributed by atoms with van der Waals surface area (Å²) in [5.74, 6) is 2.16. The number of hydrogen-bond acceptors (Lipinski definition) is 5. The number of nitrogens with two attached hydrogens (primary N) is 1. The lowest BCUT2D eigenvalue weighted by atomic mass is 10.3. The summed E-state index contributed by atoms with van der Waals surface area (Å²) in [7, 11) is 3.95. The second-order valence-corrected chi connectivity index (χ2v) is 4.84. The van der Waals surface area contributed by atoms with Gasteiger partial charge in [-0.25, -0.2) is 0 Å². The highest BCUT2D eigenvalue weighted by atomic mass is 16.5. The Morgan fingerprint density at radius 2 is 2.28 bits per heavy atom. The van der Waals surface area contributed by atoms with E-state index < -0.39 is 0 Å². The monoisotopic (exact) mass is 250 g/mol. The number of likely N-dealkylation sites (N-methyl/N-ethyl adjacent to an activating group) is 2. The van der Waals surface area contributed by atoms with Gasteiger partial charge in [0.25, 0.3) is 0 Å². The van der Waals surface area contributed by atoms with Gasteiger partial charge in [-0.1, -0.05) is 0 Å². The lowest BCUT2D eigenvalue weighted by Crippen LogP contribution is -2.27. The van der Waals surface area contributed by atoms with Crippen LogP contribution >= 0.6 is 0 Å². The fraction of sp³-hybridized carbons (Fsp3) is 0.615. The summed E-state index contributed by atoms with van der Waals surface area (Å²) in [6.45, 7) is 2.55. The molecule has 2 rings (SSSR count). The Labute approximate surface area is 108 Å². The summed E-state index contributed by atoms with van der Waals surface area (Å²) in [6, 6.07) is 3.79. The first-order chi connectivity index (χ1) is 8.70. The van der Waals surface area contributed by atoms with E-state index in [1.54, 1.807) is 0 Å². The molecular weight excluding hydrogens is 228 g/mol. The van der Waals surface area contributed by atoms with E-state index in [4.69, 9.17) is 10.5 Å². The second kappa shape index (κ2) is 5.91. The van der Waals surface area contributed by atoms with Crippen molar-refractivity contribution >= 4 is 11.5 Å². The molecule has 1 aliphatic carbocycles. The Morgan fingerprint density at radius 3 is 2.94 bits per heavy atom. The lowest BCUT2D eigenvalue weighted by Gasteiger charge is -2.19. The van der Waals surface area contributed by atoms with Crippen molar-refractivity contribution in [2.24, 2.45) is 5.92 Å². The fourth-order valence-electron chi connectivity index (χ4n) is 1.65. The molecule has 1 aliphatic rings. The summed E-state index contributed by atoms with van der Waals surface area (Å²) in [5.41, 5.74) is 6.49. The molecule has 0 radical (unpaired) electrons. The van der Waals surface area contributed by atoms with Crippen LogP contribution in [0.1, 0.15) is 12.8 Å². The van der Waals surface area contributed by atoms with Crippen molar-refractivity contribution < 1.29 is 4.74 Å². The maximum atomic E-state index is 5.88. The lowest BCUT2D eigenvalue weighted by molar-refractivity contribution is 0.290. The number of hydrogen-bond donors (Lipinski definition) is 2. The van der Waals surface area contributed by atoms with E-state index in [1.165, 1.54) is 12.8 Å². The Kier molecular flexibility index (Phi) is 4.25. The van der Waals surface area contributed by atoms with E-state index in [2.05, 4.69) is 15.2 Å². The topological polar surface area (TPSA) is 63.4 Å². The van der Waals surface area contributed by atoms with Crippen LogP contribution < -0.4 is 20.7 Å². The predicted molar refractivity (Wildman–Crippen MR) is 74.1 cm³/mol. The maximum Gasteiger partial charge on any atom is 0.239 e. The van der Waals surface area contributed by atoms with Gasteiger partial charge in [0.1, 0.15) is 5.82 Å². The van der Waals surface area contributed by atoms with E-state index >= 15 is 0 Å². The third kappa shape index (κ3) is 3.50. The summed E-state index contributed by atoms with van der Waals surface area (Å²) in [4.78, 5) is 6.56. The standard InChI is InChI=1S/C13H22N4O/c1-15-7-8-17(2)12-6-5-11(14)13(16-12)18-9-10-3-4-10/h5-6,10,15H,3-4,7-9,14H2,1-2H3. The molecule has 0 unspecified atom stereocenters. The molecule has 5 heteroatoms. The summed E-state index contributed by atoms with van der Waals surface area (Å²) in [6.07, 6.45) is 2.53. The van der Waals surface area contributed by atoms with Crippen molar-refractivity contribution in [3.63, 3.8) is 0 Å². The van der Waals surface area contributed by atoms with Crippen molar-refractivity contribution in [3.05, 3.63) is 12.1 Å². The fourth-order valence-corrected chi connectivity index (χ4v) is 1.65. The van der Waals surface area contributed by atoms with Crippen LogP contribution in [0.5, 0.6) is 5.88 Å². The van der Waals surface area contributed by atoms with E-state index in [-0.39, 0.29) is 0 Å². The Balaban J connectivity index is 1.99. The maximum absolute atomic E-state index is 5.88. The summed E-state index contributed by atoms with van der Waals surface area (Å²) in [5, 5.41) is 3.12. The molecule has 1 aromatic rings. The average Bonchev–Trinajstić information content (AvgIpc) is 3.19. The zero-order valence-corrected chi connectivity index (χ0v) is 11.1. The number of nitrogen functional groups attached to an aromatic ring is 1. The number of ether oxygens (including phenoxy) is 1. The highest BCUT2D eigenvalue weighted by Crippen LogP contribution is 2.30. The van der Waals surface area contributed by atoms with Crippen molar-refractivity contribution in [3.8, 4) is 5.88 Å². The third-order valence-corrected chi connectivity index (χ3v) is 3.12. The van der Waals surface area contributed by atoms with Gasteiger partial charge in [0.15, 0.2) is 0 Å². The van der Waals surface area contributed by atoms with Gasteiger partial charge in [0.2, 0.25) is 5.88 Å². The molecule has 1 saturated carbocycles. The number of anilines is 2. The van der Waals surface area contributed by atoms with Crippen LogP contribution in [0, 0.1) is 5.92 Å². The number of aromatic nitrogens is 1. The SMILES string of the molecule is CNCCN(C)c1ccc(N)c(OCC2CC2)n1. The normalized spacial score (nSPS) is 14.6. The molecule has 0 aromatic carbocycles. The third-order valence-electron chi connectivity index (χ3n) is 3.12. The van der Waals surface area contributed by atoms with E-state index in [0.29, 0.717) is 17.5 Å². The number of nitrogens with zero attached hydrogens (tertiary/aromatic N) is 2. The molecule has 0 aliphatic heterocycles. The van der Waals surface area contributed by atoms with E-state index in [0.717, 1.165) is 25.5 Å². The van der Waals surface area contributed by atoms with Crippen molar-refractivity contribution in [2.45, 2.75) is 12.8 Å². The first kappa shape index (κ1) is 13.0. The molecule has 0 amide bonds. The summed E-state index contributed by atoms with van der Waals surface area (Å²) >= 11 is 0. The smallest absolute Gasteiger partial charge is 0.239 e. The largest absolute Gasteiger partial charge is 0.476 e. The van der Waals surface area contributed by atoms with Crippen LogP contribution in [0.4, 0.5) is 11.5 Å². The molecule has 1 fully saturated rings. The molecule has 0 atom stereocenters. The number of rotatable bonds is 7. The minimum absolute atomic E-state index is 0.565. The first-order valence-electron chi connectivity index (χ1n) is 6.45. The van der Waals surface area contributed by atoms with Gasteiger partial charge in [0.05, 0.1) is 12.3 Å². The minimum Gasteiger partial charge on any atom is -0.476 e. The van der Waals surface area contributed by atoms with E-state index in [1.807, 2.05) is 26.2 Å². The number of nitrogens with one attached hydrogen (secondary N) is 1. The van der Waals surface area contributed by atoms with Gasteiger partial charge in [-0.05, 0) is 37.9 Å². The van der Waals surface area contributed by atoms with Crippen LogP contribution in [-0.4, -0.2) is 38.8 Å². The van der Waals surface area contributed by atoms with Gasteiger partial charge >= 0.3 is 0 Å². The van der Waals surface area contributed by atoms with Crippen LogP contribution in [0.25, 0.3) is 0 Å². The summed E-state index contributed by atoms with van der Waals surface area (Å²) < 4.78 is 5.68. The highest BCUT2D eigenvalue weighted by Gasteiger charge is 2.22. The molecule has 100 valence electrons. The average molecular weight is 250 g/mol. The first-order valence-corrected chi connectivity index (χ1v) is 6.45. The second-order valence-electron chi connectivity index (χ2n) is 4.84. The van der Waals surface area contributed by atoms with Crippen LogP contribution in [-0.2, 0) is 0 Å². The molecule has 1 aromatic heterocycles. The Hall–Kier alpha value is -1.49. The molecule has 0 bridgehead atoms. The van der Waals surface area contributed by atoms with Gasteiger partial charge in [-0.3, -0.25) is 0 Å². The van der Waals surface area contributed by atoms with Crippen LogP contribution in [0.3, 0.4) is 0 Å². The van der Waals surface area contributed by atoms with Crippen LogP contribution in [0.2, 0.25) is 0 Å². The van der Waals surface area contributed by atoms with Gasteiger partial charge in [-0.2, -0.15) is 4.98 Å². The molecular formula is C13H22N4O. The number of pyridine rings is 1. The molecule has 3 N–H and O–H groups in total. The predicted octanol–water partition coefficient (Wildman–Crippen LogP) is 1.11. The van der Waals surface area contributed by atoms with Gasteiger partial charge in [0, 0.05) is 20.1 Å². The molecule has 0 spiro atoms. The molecule has 5 nitrogen and oxygen atoms in total. The molecule has 18 heavy (non-hydrogen) atoms. The highest BCUT2D eigenvalue weighted by molar-refractivity contribution is 5.54. The zero-order chi connectivity index (χ0) is 13.0. The van der Waals surface area contributed by atoms with Gasteiger partial charge in [-0.15, -0.1) is 0 Å². The quantitative estimate of drug-likeness (QED) is 0.759. The van der Waals surface area contributed by atoms with Crippen LogP contribution in [0.15, 0.2) is 12.1 Å². The van der Waals surface area contributed by atoms with Crippen molar-refractivity contribution in [1.82, 2.24) is 10.3 Å². The molecule has 1 heterocycles. The van der Waals surface area contributed by atoms with E-state index in [9.17, 15) is 0 Å². The van der Waals surface area contributed by atoms with Crippen molar-refractivity contribution in [1.29, 1.82) is 0 Å². The Morgan fingerprint density at radius 1 is 1.50 bits per heavy atom.